The molecule has 0 spiro atoms. The molecule has 0 atom stereocenters. The SMILES string of the molecule is Cc1cccc(C=NNc2nc(-c3ccccc3)cs2)c1C. The fourth-order valence-corrected chi connectivity index (χ4v) is 2.81. The van der Waals surface area contributed by atoms with Gasteiger partial charge in [-0.05, 0) is 30.5 Å². The Kier molecular flexibility index (Phi) is 4.30. The molecule has 4 heteroatoms. The third-order valence-corrected chi connectivity index (χ3v) is 4.33. The largest absolute Gasteiger partial charge is 0.253 e. The van der Waals surface area contributed by atoms with Gasteiger partial charge in [0.05, 0.1) is 11.9 Å². The molecule has 0 saturated heterocycles. The minimum atomic E-state index is 0.792. The Balaban J connectivity index is 1.71. The number of hydrogen-bond acceptors (Lipinski definition) is 4. The van der Waals surface area contributed by atoms with Crippen LogP contribution >= 0.6 is 11.3 Å². The summed E-state index contributed by atoms with van der Waals surface area (Å²) in [4.78, 5) is 4.55. The normalized spacial score (nSPS) is 11.0. The van der Waals surface area contributed by atoms with E-state index < -0.39 is 0 Å². The van der Waals surface area contributed by atoms with Crippen molar-refractivity contribution in [2.24, 2.45) is 5.10 Å². The van der Waals surface area contributed by atoms with Crippen LogP contribution in [0, 0.1) is 13.8 Å². The lowest BCUT2D eigenvalue weighted by atomic mass is 10.0. The maximum Gasteiger partial charge on any atom is 0.203 e. The summed E-state index contributed by atoms with van der Waals surface area (Å²) in [5.41, 5.74) is 8.72. The number of thiazole rings is 1. The second kappa shape index (κ2) is 6.54. The minimum absolute atomic E-state index is 0.792. The van der Waals surface area contributed by atoms with Crippen molar-refractivity contribution in [1.82, 2.24) is 4.98 Å². The average molecular weight is 307 g/mol. The van der Waals surface area contributed by atoms with E-state index in [-0.39, 0.29) is 0 Å². The van der Waals surface area contributed by atoms with Crippen LogP contribution in [0.2, 0.25) is 0 Å². The standard InChI is InChI=1S/C18H17N3S/c1-13-7-6-10-16(14(13)2)11-19-21-18-20-17(12-22-18)15-8-4-3-5-9-15/h3-12H,1-2H3,(H,20,21). The summed E-state index contributed by atoms with van der Waals surface area (Å²) in [5, 5.41) is 7.12. The molecule has 0 aliphatic heterocycles. The molecule has 2 aromatic carbocycles. The van der Waals surface area contributed by atoms with Crippen molar-refractivity contribution in [2.45, 2.75) is 13.8 Å². The lowest BCUT2D eigenvalue weighted by molar-refractivity contribution is 1.28. The van der Waals surface area contributed by atoms with Crippen LogP contribution < -0.4 is 5.43 Å². The second-order valence-corrected chi connectivity index (χ2v) is 5.92. The molecule has 22 heavy (non-hydrogen) atoms. The van der Waals surface area contributed by atoms with Crippen molar-refractivity contribution in [1.29, 1.82) is 0 Å². The van der Waals surface area contributed by atoms with Crippen molar-refractivity contribution < 1.29 is 0 Å². The summed E-state index contributed by atoms with van der Waals surface area (Å²) in [7, 11) is 0. The fraction of sp³-hybridized carbons (Fsp3) is 0.111. The van der Waals surface area contributed by atoms with Gasteiger partial charge in [-0.25, -0.2) is 4.98 Å². The molecular weight excluding hydrogens is 290 g/mol. The predicted octanol–water partition coefficient (Wildman–Crippen LogP) is 4.87. The van der Waals surface area contributed by atoms with Gasteiger partial charge in [0.2, 0.25) is 5.13 Å². The first-order chi connectivity index (χ1) is 10.7. The third kappa shape index (κ3) is 3.23. The molecule has 3 rings (SSSR count). The number of hydrogen-bond donors (Lipinski definition) is 1. The van der Waals surface area contributed by atoms with Gasteiger partial charge in [0.15, 0.2) is 0 Å². The molecule has 1 N–H and O–H groups in total. The molecular formula is C18H17N3S. The predicted molar refractivity (Wildman–Crippen MR) is 94.7 cm³/mol. The van der Waals surface area contributed by atoms with Gasteiger partial charge in [-0.15, -0.1) is 11.3 Å². The highest BCUT2D eigenvalue weighted by Gasteiger charge is 2.03. The van der Waals surface area contributed by atoms with Crippen LogP contribution in [0.25, 0.3) is 11.3 Å². The highest BCUT2D eigenvalue weighted by atomic mass is 32.1. The van der Waals surface area contributed by atoms with Gasteiger partial charge in [-0.2, -0.15) is 5.10 Å². The summed E-state index contributed by atoms with van der Waals surface area (Å²) < 4.78 is 0. The topological polar surface area (TPSA) is 37.3 Å². The van der Waals surface area contributed by atoms with Crippen LogP contribution in [-0.4, -0.2) is 11.2 Å². The number of aryl methyl sites for hydroxylation is 1. The Morgan fingerprint density at radius 1 is 1.05 bits per heavy atom. The maximum atomic E-state index is 4.55. The highest BCUT2D eigenvalue weighted by molar-refractivity contribution is 7.14. The molecule has 1 heterocycles. The molecule has 0 amide bonds. The first-order valence-corrected chi connectivity index (χ1v) is 7.98. The van der Waals surface area contributed by atoms with Crippen LogP contribution in [0.5, 0.6) is 0 Å². The Hall–Kier alpha value is -2.46. The summed E-state index contributed by atoms with van der Waals surface area (Å²) in [6, 6.07) is 16.3. The Morgan fingerprint density at radius 2 is 1.86 bits per heavy atom. The van der Waals surface area contributed by atoms with Crippen LogP contribution in [0.1, 0.15) is 16.7 Å². The first kappa shape index (κ1) is 14.5. The van der Waals surface area contributed by atoms with Crippen molar-refractivity contribution >= 4 is 22.7 Å². The zero-order valence-corrected chi connectivity index (χ0v) is 13.4. The lowest BCUT2D eigenvalue weighted by Crippen LogP contribution is -1.93. The van der Waals surface area contributed by atoms with E-state index in [1.54, 1.807) is 11.3 Å². The zero-order valence-electron chi connectivity index (χ0n) is 12.6. The molecule has 0 unspecified atom stereocenters. The maximum absolute atomic E-state index is 4.55. The van der Waals surface area contributed by atoms with Crippen LogP contribution in [-0.2, 0) is 0 Å². The second-order valence-electron chi connectivity index (χ2n) is 5.06. The van der Waals surface area contributed by atoms with E-state index in [4.69, 9.17) is 0 Å². The van der Waals surface area contributed by atoms with Crippen molar-refractivity contribution in [3.63, 3.8) is 0 Å². The third-order valence-electron chi connectivity index (χ3n) is 3.58. The zero-order chi connectivity index (χ0) is 15.4. The van der Waals surface area contributed by atoms with E-state index in [9.17, 15) is 0 Å². The summed E-state index contributed by atoms with van der Waals surface area (Å²) in [6.07, 6.45) is 1.84. The smallest absolute Gasteiger partial charge is 0.203 e. The molecule has 3 aromatic rings. The van der Waals surface area contributed by atoms with Gasteiger partial charge in [0.1, 0.15) is 0 Å². The van der Waals surface area contributed by atoms with Gasteiger partial charge in [-0.1, -0.05) is 48.5 Å². The quantitative estimate of drug-likeness (QED) is 0.551. The summed E-state index contributed by atoms with van der Waals surface area (Å²) >= 11 is 1.55. The van der Waals surface area contributed by atoms with Gasteiger partial charge in [0, 0.05) is 10.9 Å². The van der Waals surface area contributed by atoms with Crippen LogP contribution in [0.3, 0.4) is 0 Å². The highest BCUT2D eigenvalue weighted by Crippen LogP contribution is 2.24. The fourth-order valence-electron chi connectivity index (χ4n) is 2.14. The van der Waals surface area contributed by atoms with E-state index in [1.165, 1.54) is 11.1 Å². The van der Waals surface area contributed by atoms with E-state index in [0.29, 0.717) is 0 Å². The Morgan fingerprint density at radius 3 is 2.68 bits per heavy atom. The molecule has 3 nitrogen and oxygen atoms in total. The summed E-state index contributed by atoms with van der Waals surface area (Å²) in [6.45, 7) is 4.21. The molecule has 0 radical (unpaired) electrons. The lowest BCUT2D eigenvalue weighted by Gasteiger charge is -2.02. The number of nitrogens with one attached hydrogen (secondary N) is 1. The number of anilines is 1. The van der Waals surface area contributed by atoms with Crippen molar-refractivity contribution in [3.05, 3.63) is 70.6 Å². The van der Waals surface area contributed by atoms with Gasteiger partial charge in [0.25, 0.3) is 0 Å². The average Bonchev–Trinajstić information content (AvgIpc) is 3.01. The van der Waals surface area contributed by atoms with Gasteiger partial charge >= 0.3 is 0 Å². The molecule has 0 aliphatic rings. The van der Waals surface area contributed by atoms with E-state index in [0.717, 1.165) is 22.0 Å². The van der Waals surface area contributed by atoms with E-state index >= 15 is 0 Å². The molecule has 0 bridgehead atoms. The number of hydrazone groups is 1. The molecule has 110 valence electrons. The van der Waals surface area contributed by atoms with Crippen LogP contribution in [0.15, 0.2) is 59.0 Å². The molecule has 0 fully saturated rings. The minimum Gasteiger partial charge on any atom is -0.253 e. The Labute approximate surface area is 134 Å². The molecule has 1 aromatic heterocycles. The van der Waals surface area contributed by atoms with Crippen molar-refractivity contribution in [3.8, 4) is 11.3 Å². The number of aromatic nitrogens is 1. The first-order valence-electron chi connectivity index (χ1n) is 7.10. The monoisotopic (exact) mass is 307 g/mol. The van der Waals surface area contributed by atoms with Crippen molar-refractivity contribution in [2.75, 3.05) is 5.43 Å². The molecule has 0 saturated carbocycles. The van der Waals surface area contributed by atoms with Crippen LogP contribution in [0.4, 0.5) is 5.13 Å². The van der Waals surface area contributed by atoms with E-state index in [1.807, 2.05) is 35.9 Å². The number of nitrogens with zero attached hydrogens (tertiary/aromatic N) is 2. The Bertz CT molecular complexity index is 791. The molecule has 0 aliphatic carbocycles. The van der Waals surface area contributed by atoms with Gasteiger partial charge < -0.3 is 0 Å². The van der Waals surface area contributed by atoms with E-state index in [2.05, 4.69) is 53.6 Å². The number of benzene rings is 2. The number of rotatable bonds is 4. The summed E-state index contributed by atoms with van der Waals surface area (Å²) in [5.74, 6) is 0. The van der Waals surface area contributed by atoms with Gasteiger partial charge in [-0.3, -0.25) is 5.43 Å².